The second-order valence-corrected chi connectivity index (χ2v) is 7.30. The van der Waals surface area contributed by atoms with E-state index in [1.54, 1.807) is 24.4 Å². The molecular weight excluding hydrogens is 427 g/mol. The van der Waals surface area contributed by atoms with Crippen molar-refractivity contribution in [1.29, 1.82) is 0 Å². The van der Waals surface area contributed by atoms with Gasteiger partial charge >= 0.3 is 0 Å². The van der Waals surface area contributed by atoms with Gasteiger partial charge in [0.15, 0.2) is 11.4 Å². The molecule has 0 aliphatic rings. The first-order valence-corrected chi connectivity index (χ1v) is 9.53. The molecular formula is C20H16Cl2N6O2. The number of nitrogens with zero attached hydrogens (tertiary/aromatic N) is 3. The van der Waals surface area contributed by atoms with Gasteiger partial charge in [-0.2, -0.15) is 5.10 Å². The number of hydrogen-bond donors (Lipinski definition) is 3. The second-order valence-electron chi connectivity index (χ2n) is 6.45. The summed E-state index contributed by atoms with van der Waals surface area (Å²) < 4.78 is 5.85. The van der Waals surface area contributed by atoms with Crippen LogP contribution in [0.1, 0.15) is 16.1 Å². The van der Waals surface area contributed by atoms with Gasteiger partial charge in [-0.15, -0.1) is 0 Å². The molecule has 4 aromatic rings. The maximum absolute atomic E-state index is 11.1. The Morgan fingerprint density at radius 2 is 2.03 bits per heavy atom. The number of pyridine rings is 1. The van der Waals surface area contributed by atoms with Gasteiger partial charge in [0.1, 0.15) is 17.7 Å². The Kier molecular flexibility index (Phi) is 5.45. The first-order chi connectivity index (χ1) is 14.5. The number of aromatic amines is 1. The number of nitrogens with one attached hydrogen (secondary N) is 1. The number of hydrazine groups is 1. The third kappa shape index (κ3) is 3.88. The predicted octanol–water partition coefficient (Wildman–Crippen LogP) is 4.33. The summed E-state index contributed by atoms with van der Waals surface area (Å²) >= 11 is 12.3. The molecule has 0 saturated heterocycles. The molecule has 0 spiro atoms. The van der Waals surface area contributed by atoms with Crippen LogP contribution in [0.2, 0.25) is 10.0 Å². The summed E-state index contributed by atoms with van der Waals surface area (Å²) in [4.78, 5) is 15.3. The van der Waals surface area contributed by atoms with Crippen LogP contribution in [-0.2, 0) is 6.54 Å². The predicted molar refractivity (Wildman–Crippen MR) is 117 cm³/mol. The molecule has 0 fully saturated rings. The third-order valence-electron chi connectivity index (χ3n) is 4.42. The zero-order valence-electron chi connectivity index (χ0n) is 15.5. The van der Waals surface area contributed by atoms with Gasteiger partial charge in [-0.1, -0.05) is 23.2 Å². The molecule has 30 heavy (non-hydrogen) atoms. The average molecular weight is 443 g/mol. The number of ether oxygens (including phenoxy) is 1. The van der Waals surface area contributed by atoms with Crippen LogP contribution in [0.3, 0.4) is 0 Å². The van der Waals surface area contributed by atoms with Crippen molar-refractivity contribution in [2.45, 2.75) is 6.54 Å². The van der Waals surface area contributed by atoms with Crippen LogP contribution in [0, 0.1) is 0 Å². The summed E-state index contributed by atoms with van der Waals surface area (Å²) in [5.41, 5.74) is 8.79. The molecule has 0 aliphatic heterocycles. The molecule has 2 aromatic heterocycles. The van der Waals surface area contributed by atoms with Gasteiger partial charge < -0.3 is 15.5 Å². The van der Waals surface area contributed by atoms with Crippen molar-refractivity contribution in [1.82, 2.24) is 15.2 Å². The number of benzene rings is 2. The van der Waals surface area contributed by atoms with Gasteiger partial charge in [-0.3, -0.25) is 9.89 Å². The Morgan fingerprint density at radius 3 is 2.83 bits per heavy atom. The lowest BCUT2D eigenvalue weighted by Gasteiger charge is -2.22. The van der Waals surface area contributed by atoms with E-state index in [4.69, 9.17) is 39.5 Å². The molecule has 10 heteroatoms. The van der Waals surface area contributed by atoms with Crippen molar-refractivity contribution in [3.63, 3.8) is 0 Å². The first-order valence-electron chi connectivity index (χ1n) is 8.78. The number of aromatic nitrogens is 3. The SMILES string of the molecule is Nc1c(N(N)Cc2[nH]nc3ncccc23)ccc(Cl)c1Oc1cc(Cl)cc(C=O)c1. The van der Waals surface area contributed by atoms with Gasteiger partial charge in [-0.05, 0) is 42.5 Å². The Morgan fingerprint density at radius 1 is 1.20 bits per heavy atom. The molecule has 2 aromatic carbocycles. The van der Waals surface area contributed by atoms with Gasteiger partial charge in [0.2, 0.25) is 0 Å². The molecule has 0 bridgehead atoms. The summed E-state index contributed by atoms with van der Waals surface area (Å²) in [6.45, 7) is 0.292. The largest absolute Gasteiger partial charge is 0.453 e. The normalized spacial score (nSPS) is 10.9. The van der Waals surface area contributed by atoms with E-state index in [9.17, 15) is 4.79 Å². The minimum atomic E-state index is 0.208. The Labute approximate surface area is 181 Å². The Bertz CT molecular complexity index is 1240. The average Bonchev–Trinajstić information content (AvgIpc) is 3.13. The van der Waals surface area contributed by atoms with E-state index in [-0.39, 0.29) is 16.5 Å². The third-order valence-corrected chi connectivity index (χ3v) is 4.94. The fourth-order valence-electron chi connectivity index (χ4n) is 3.02. The standard InChI is InChI=1S/C20H16Cl2N6O2/c21-12-6-11(10-29)7-13(8-12)30-19-15(22)3-4-17(18(19)23)28(24)9-16-14-2-1-5-25-20(14)27-26-16/h1-8,10H,9,23-24H2,(H,25,26,27). The summed E-state index contributed by atoms with van der Waals surface area (Å²) in [7, 11) is 0. The van der Waals surface area contributed by atoms with Gasteiger partial charge in [0, 0.05) is 22.2 Å². The highest BCUT2D eigenvalue weighted by molar-refractivity contribution is 6.33. The molecule has 0 aliphatic carbocycles. The maximum Gasteiger partial charge on any atom is 0.181 e. The lowest BCUT2D eigenvalue weighted by molar-refractivity contribution is 0.112. The minimum Gasteiger partial charge on any atom is -0.453 e. The molecule has 8 nitrogen and oxygen atoms in total. The number of carbonyl (C=O) groups is 1. The van der Waals surface area contributed by atoms with Crippen molar-refractivity contribution >= 4 is 51.9 Å². The highest BCUT2D eigenvalue weighted by Crippen LogP contribution is 2.41. The van der Waals surface area contributed by atoms with Crippen LogP contribution in [0.4, 0.5) is 11.4 Å². The fourth-order valence-corrected chi connectivity index (χ4v) is 3.46. The maximum atomic E-state index is 11.1. The summed E-state index contributed by atoms with van der Waals surface area (Å²) in [6.07, 6.45) is 2.34. The van der Waals surface area contributed by atoms with Crippen LogP contribution in [0.25, 0.3) is 11.0 Å². The van der Waals surface area contributed by atoms with E-state index in [0.29, 0.717) is 40.5 Å². The van der Waals surface area contributed by atoms with Crippen LogP contribution < -0.4 is 21.3 Å². The van der Waals surface area contributed by atoms with E-state index in [1.807, 2.05) is 12.1 Å². The summed E-state index contributed by atoms with van der Waals surface area (Å²) in [5.74, 6) is 6.81. The van der Waals surface area contributed by atoms with Crippen molar-refractivity contribution in [2.24, 2.45) is 5.84 Å². The highest BCUT2D eigenvalue weighted by atomic mass is 35.5. The summed E-state index contributed by atoms with van der Waals surface area (Å²) in [6, 6.07) is 11.7. The number of halogens is 2. The van der Waals surface area contributed by atoms with Gasteiger partial charge in [-0.25, -0.2) is 10.8 Å². The number of carbonyl (C=O) groups excluding carboxylic acids is 1. The monoisotopic (exact) mass is 442 g/mol. The molecule has 4 rings (SSSR count). The van der Waals surface area contributed by atoms with Gasteiger partial charge in [0.25, 0.3) is 0 Å². The molecule has 0 atom stereocenters. The van der Waals surface area contributed by atoms with Crippen LogP contribution in [0.15, 0.2) is 48.7 Å². The first kappa shape index (κ1) is 20.0. The topological polar surface area (TPSA) is 123 Å². The quantitative estimate of drug-likeness (QED) is 0.175. The minimum absolute atomic E-state index is 0.208. The second kappa shape index (κ2) is 8.19. The number of fused-ring (bicyclic) bond motifs is 1. The van der Waals surface area contributed by atoms with E-state index < -0.39 is 0 Å². The van der Waals surface area contributed by atoms with Gasteiger partial charge in [0.05, 0.1) is 22.9 Å². The van der Waals surface area contributed by atoms with Crippen molar-refractivity contribution in [2.75, 3.05) is 10.7 Å². The lowest BCUT2D eigenvalue weighted by Crippen LogP contribution is -2.31. The van der Waals surface area contributed by atoms with E-state index in [0.717, 1.165) is 11.1 Å². The van der Waals surface area contributed by atoms with E-state index >= 15 is 0 Å². The number of rotatable bonds is 6. The molecule has 2 heterocycles. The fraction of sp³-hybridized carbons (Fsp3) is 0.0500. The number of H-pyrrole nitrogens is 1. The smallest absolute Gasteiger partial charge is 0.181 e. The van der Waals surface area contributed by atoms with E-state index in [2.05, 4.69) is 15.2 Å². The summed E-state index contributed by atoms with van der Waals surface area (Å²) in [5, 5.41) is 10.0. The Balaban J connectivity index is 1.65. The lowest BCUT2D eigenvalue weighted by atomic mass is 10.2. The molecule has 0 saturated carbocycles. The molecule has 152 valence electrons. The van der Waals surface area contributed by atoms with E-state index in [1.165, 1.54) is 17.1 Å². The zero-order chi connectivity index (χ0) is 21.3. The number of nitrogens with two attached hydrogens (primary N) is 2. The molecule has 5 N–H and O–H groups in total. The van der Waals surface area contributed by atoms with Crippen LogP contribution in [0.5, 0.6) is 11.5 Å². The van der Waals surface area contributed by atoms with Crippen molar-refractivity contribution in [3.05, 3.63) is 70.0 Å². The van der Waals surface area contributed by atoms with Crippen molar-refractivity contribution in [3.8, 4) is 11.5 Å². The van der Waals surface area contributed by atoms with Crippen molar-refractivity contribution < 1.29 is 9.53 Å². The number of anilines is 2. The zero-order valence-corrected chi connectivity index (χ0v) is 17.0. The molecule has 0 radical (unpaired) electrons. The molecule has 0 amide bonds. The number of nitrogen functional groups attached to an aromatic ring is 1. The van der Waals surface area contributed by atoms with Crippen LogP contribution >= 0.6 is 23.2 Å². The molecule has 0 unspecified atom stereocenters. The Hall–Kier alpha value is -3.33. The number of hydrogen-bond acceptors (Lipinski definition) is 7. The number of aldehydes is 1. The highest BCUT2D eigenvalue weighted by Gasteiger charge is 2.18. The van der Waals surface area contributed by atoms with Crippen LogP contribution in [-0.4, -0.2) is 21.5 Å².